The van der Waals surface area contributed by atoms with E-state index >= 15 is 0 Å². The molecule has 0 aromatic carbocycles. The summed E-state index contributed by atoms with van der Waals surface area (Å²) in [4.78, 5) is 0. The quantitative estimate of drug-likeness (QED) is 0.573. The van der Waals surface area contributed by atoms with E-state index in [4.69, 9.17) is 4.12 Å². The second-order valence-corrected chi connectivity index (χ2v) is 18.0. The van der Waals surface area contributed by atoms with E-state index in [2.05, 4.69) is 68.1 Å². The van der Waals surface area contributed by atoms with Crippen LogP contribution in [-0.2, 0) is 4.12 Å². The molecule has 0 unspecified atom stereocenters. The summed E-state index contributed by atoms with van der Waals surface area (Å²) in [6, 6.07) is 3.84. The fourth-order valence-corrected chi connectivity index (χ4v) is 13.9. The first kappa shape index (κ1) is 18.4. The van der Waals surface area contributed by atoms with Gasteiger partial charge in [-0.15, -0.1) is 0 Å². The smallest absolute Gasteiger partial charge is 0.180 e. The fraction of sp³-hybridized carbons (Fsp3) is 1.00. The van der Waals surface area contributed by atoms with E-state index < -0.39 is 16.6 Å². The van der Waals surface area contributed by atoms with Crippen molar-refractivity contribution >= 4 is 16.6 Å². The zero-order valence-electron chi connectivity index (χ0n) is 14.5. The lowest BCUT2D eigenvalue weighted by Gasteiger charge is -2.44. The van der Waals surface area contributed by atoms with Crippen LogP contribution in [0.3, 0.4) is 0 Å². The Bertz CT molecular complexity index is 212. The number of hydrogen-bond acceptors (Lipinski definition) is 1. The Kier molecular flexibility index (Phi) is 5.93. The molecule has 0 aliphatic rings. The van der Waals surface area contributed by atoms with Gasteiger partial charge in [-0.05, 0) is 48.6 Å². The lowest BCUT2D eigenvalue weighted by Crippen LogP contribution is -2.50. The van der Waals surface area contributed by atoms with E-state index in [1.165, 1.54) is 18.1 Å². The van der Waals surface area contributed by atoms with Crippen LogP contribution in [0.4, 0.5) is 0 Å². The molecule has 0 saturated carbocycles. The van der Waals surface area contributed by atoms with Crippen LogP contribution in [0.1, 0.15) is 48.5 Å². The fourth-order valence-electron chi connectivity index (χ4n) is 3.04. The second-order valence-electron chi connectivity index (χ2n) is 9.23. The number of hydrogen-bond donors (Lipinski definition) is 0. The predicted molar refractivity (Wildman–Crippen MR) is 89.2 cm³/mol. The van der Waals surface area contributed by atoms with E-state index in [1.807, 2.05) is 0 Å². The average Bonchev–Trinajstić information content (AvgIpc) is 1.93. The largest absolute Gasteiger partial charge is 0.455 e. The SMILES string of the molecule is CC[Si](CC(C)(C)C)(CC(C)(C)C)O[Si](C)(C)C. The lowest BCUT2D eigenvalue weighted by atomic mass is 10.00. The molecule has 0 N–H and O–H groups in total. The minimum atomic E-state index is -1.61. The first-order chi connectivity index (χ1) is 7.68. The van der Waals surface area contributed by atoms with Gasteiger partial charge < -0.3 is 4.12 Å². The first-order valence-electron chi connectivity index (χ1n) is 7.38. The van der Waals surface area contributed by atoms with E-state index in [0.717, 1.165) is 0 Å². The molecule has 3 heteroatoms. The third-order valence-electron chi connectivity index (χ3n) is 2.87. The van der Waals surface area contributed by atoms with Crippen LogP contribution >= 0.6 is 0 Å². The molecule has 0 aromatic heterocycles. The highest BCUT2D eigenvalue weighted by atomic mass is 28.4. The van der Waals surface area contributed by atoms with Crippen molar-refractivity contribution < 1.29 is 4.12 Å². The highest BCUT2D eigenvalue weighted by Gasteiger charge is 2.43. The van der Waals surface area contributed by atoms with E-state index in [9.17, 15) is 0 Å². The van der Waals surface area contributed by atoms with Gasteiger partial charge in [0.1, 0.15) is 0 Å². The Morgan fingerprint density at radius 1 is 0.778 bits per heavy atom. The van der Waals surface area contributed by atoms with Gasteiger partial charge in [-0.1, -0.05) is 48.5 Å². The number of rotatable bonds is 5. The maximum Gasteiger partial charge on any atom is 0.180 e. The van der Waals surface area contributed by atoms with Crippen LogP contribution in [-0.4, -0.2) is 16.6 Å². The van der Waals surface area contributed by atoms with Crippen molar-refractivity contribution in [2.24, 2.45) is 10.8 Å². The molecule has 0 aromatic rings. The van der Waals surface area contributed by atoms with Crippen LogP contribution in [0, 0.1) is 10.8 Å². The van der Waals surface area contributed by atoms with Gasteiger partial charge in [0, 0.05) is 0 Å². The Hall–Kier alpha value is 0.394. The molecular formula is C15H36OSi2. The third-order valence-corrected chi connectivity index (χ3v) is 11.8. The second kappa shape index (κ2) is 5.80. The Morgan fingerprint density at radius 3 is 1.28 bits per heavy atom. The topological polar surface area (TPSA) is 9.23 Å². The van der Waals surface area contributed by atoms with Gasteiger partial charge in [0.25, 0.3) is 0 Å². The molecule has 0 fully saturated rings. The van der Waals surface area contributed by atoms with E-state index in [1.54, 1.807) is 0 Å². The molecule has 0 saturated heterocycles. The molecule has 0 amide bonds. The summed E-state index contributed by atoms with van der Waals surface area (Å²) < 4.78 is 6.80. The van der Waals surface area contributed by atoms with Gasteiger partial charge in [0.15, 0.2) is 16.6 Å². The highest BCUT2D eigenvalue weighted by molar-refractivity contribution is 6.85. The maximum atomic E-state index is 6.80. The summed E-state index contributed by atoms with van der Waals surface area (Å²) in [7, 11) is -3.07. The Labute approximate surface area is 118 Å². The summed E-state index contributed by atoms with van der Waals surface area (Å²) in [5.41, 5.74) is 0.764. The summed E-state index contributed by atoms with van der Waals surface area (Å²) in [5.74, 6) is 0. The summed E-state index contributed by atoms with van der Waals surface area (Å²) in [6.07, 6.45) is 0. The van der Waals surface area contributed by atoms with Crippen LogP contribution < -0.4 is 0 Å². The minimum Gasteiger partial charge on any atom is -0.455 e. The standard InChI is InChI=1S/C15H36OSi2/c1-11-18(12-14(2,3)4,13-15(5,6)7)16-17(8,9)10/h11-13H2,1-10H3. The molecule has 0 radical (unpaired) electrons. The maximum absolute atomic E-state index is 6.80. The summed E-state index contributed by atoms with van der Waals surface area (Å²) >= 11 is 0. The van der Waals surface area contributed by atoms with Gasteiger partial charge >= 0.3 is 0 Å². The van der Waals surface area contributed by atoms with Crippen LogP contribution in [0.15, 0.2) is 0 Å². The molecular weight excluding hydrogens is 252 g/mol. The van der Waals surface area contributed by atoms with Crippen molar-refractivity contribution in [2.75, 3.05) is 0 Å². The van der Waals surface area contributed by atoms with Crippen molar-refractivity contribution in [2.45, 2.75) is 86.2 Å². The molecule has 0 rings (SSSR count). The molecule has 0 heterocycles. The molecule has 0 bridgehead atoms. The summed E-state index contributed by atoms with van der Waals surface area (Å²) in [5, 5.41) is 0. The molecule has 1 nitrogen and oxygen atoms in total. The Morgan fingerprint density at radius 2 is 1.11 bits per heavy atom. The van der Waals surface area contributed by atoms with Crippen molar-refractivity contribution in [1.82, 2.24) is 0 Å². The molecule has 0 aliphatic heterocycles. The molecule has 0 aliphatic carbocycles. The van der Waals surface area contributed by atoms with Crippen molar-refractivity contribution in [3.05, 3.63) is 0 Å². The van der Waals surface area contributed by atoms with Gasteiger partial charge in [-0.2, -0.15) is 0 Å². The summed E-state index contributed by atoms with van der Waals surface area (Å²) in [6.45, 7) is 23.6. The monoisotopic (exact) mass is 288 g/mol. The lowest BCUT2D eigenvalue weighted by molar-refractivity contribution is 0.382. The van der Waals surface area contributed by atoms with Gasteiger partial charge in [0.2, 0.25) is 0 Å². The minimum absolute atomic E-state index is 0.382. The third kappa shape index (κ3) is 8.49. The van der Waals surface area contributed by atoms with Gasteiger partial charge in [-0.25, -0.2) is 0 Å². The zero-order chi connectivity index (χ0) is 14.8. The molecule has 110 valence electrons. The van der Waals surface area contributed by atoms with Crippen LogP contribution in [0.5, 0.6) is 0 Å². The molecule has 18 heavy (non-hydrogen) atoms. The Balaban J connectivity index is 5.20. The van der Waals surface area contributed by atoms with Gasteiger partial charge in [-0.3, -0.25) is 0 Å². The van der Waals surface area contributed by atoms with Crippen LogP contribution in [0.2, 0.25) is 37.8 Å². The zero-order valence-corrected chi connectivity index (χ0v) is 16.5. The average molecular weight is 289 g/mol. The van der Waals surface area contributed by atoms with Crippen molar-refractivity contribution in [3.8, 4) is 0 Å². The van der Waals surface area contributed by atoms with Crippen molar-refractivity contribution in [1.29, 1.82) is 0 Å². The first-order valence-corrected chi connectivity index (χ1v) is 13.3. The van der Waals surface area contributed by atoms with Crippen LogP contribution in [0.25, 0.3) is 0 Å². The molecule has 0 spiro atoms. The van der Waals surface area contributed by atoms with E-state index in [-0.39, 0.29) is 0 Å². The normalized spacial score (nSPS) is 15.0. The van der Waals surface area contributed by atoms with Gasteiger partial charge in [0.05, 0.1) is 0 Å². The van der Waals surface area contributed by atoms with Crippen molar-refractivity contribution in [3.63, 3.8) is 0 Å². The molecule has 0 atom stereocenters. The van der Waals surface area contributed by atoms with E-state index in [0.29, 0.717) is 10.8 Å². The predicted octanol–water partition coefficient (Wildman–Crippen LogP) is 5.90. The highest BCUT2D eigenvalue weighted by Crippen LogP contribution is 2.40.